The molecule has 1 aromatic rings. The van der Waals surface area contributed by atoms with Crippen molar-refractivity contribution in [3.05, 3.63) is 33.4 Å². The van der Waals surface area contributed by atoms with Crippen molar-refractivity contribution >= 4 is 34.5 Å². The van der Waals surface area contributed by atoms with Crippen LogP contribution in [0.15, 0.2) is 24.3 Å². The summed E-state index contributed by atoms with van der Waals surface area (Å²) in [4.78, 5) is 21.6. The van der Waals surface area contributed by atoms with E-state index < -0.39 is 17.9 Å². The van der Waals surface area contributed by atoms with E-state index in [1.54, 1.807) is 0 Å². The average Bonchev–Trinajstić information content (AvgIpc) is 2.30. The van der Waals surface area contributed by atoms with Crippen molar-refractivity contribution in [3.8, 4) is 0 Å². The second kappa shape index (κ2) is 7.32. The van der Waals surface area contributed by atoms with Gasteiger partial charge in [0.15, 0.2) is 0 Å². The van der Waals surface area contributed by atoms with Crippen LogP contribution >= 0.6 is 22.6 Å². The van der Waals surface area contributed by atoms with Gasteiger partial charge < -0.3 is 16.2 Å². The number of nitrogens with two attached hydrogens (primary N) is 1. The molecule has 0 fully saturated rings. The van der Waals surface area contributed by atoms with E-state index in [1.165, 1.54) is 0 Å². The Morgan fingerprint density at radius 2 is 1.94 bits per heavy atom. The molecule has 5 nitrogen and oxygen atoms in total. The maximum atomic E-state index is 11.0. The third-order valence-corrected chi connectivity index (χ3v) is 3.16. The number of carbonyl (C=O) groups excluding carboxylic acids is 1. The Kier molecular flexibility index (Phi) is 6.06. The van der Waals surface area contributed by atoms with Crippen molar-refractivity contribution in [1.82, 2.24) is 5.32 Å². The fourth-order valence-corrected chi connectivity index (χ4v) is 1.80. The first-order valence-corrected chi connectivity index (χ1v) is 6.56. The maximum Gasteiger partial charge on any atom is 0.320 e. The number of carboxylic acid groups (broad SMARTS) is 1. The molecule has 98 valence electrons. The van der Waals surface area contributed by atoms with Crippen LogP contribution in [0, 0.1) is 3.57 Å². The van der Waals surface area contributed by atoms with E-state index >= 15 is 0 Å². The molecule has 0 spiro atoms. The first-order chi connectivity index (χ1) is 8.49. The number of aliphatic carboxylic acids is 1. The van der Waals surface area contributed by atoms with Crippen LogP contribution in [-0.4, -0.2) is 23.0 Å². The van der Waals surface area contributed by atoms with E-state index in [0.717, 1.165) is 9.13 Å². The lowest BCUT2D eigenvalue weighted by Gasteiger charge is -2.13. The Morgan fingerprint density at radius 3 is 2.44 bits per heavy atom. The van der Waals surface area contributed by atoms with Crippen LogP contribution in [0.1, 0.15) is 18.4 Å². The summed E-state index contributed by atoms with van der Waals surface area (Å²) < 4.78 is 1.12. The average molecular weight is 362 g/mol. The summed E-state index contributed by atoms with van der Waals surface area (Å²) in [6.45, 7) is 0.451. The monoisotopic (exact) mass is 362 g/mol. The second-order valence-corrected chi connectivity index (χ2v) is 5.15. The summed E-state index contributed by atoms with van der Waals surface area (Å²) >= 11 is 2.20. The van der Waals surface area contributed by atoms with Gasteiger partial charge in [0, 0.05) is 16.5 Å². The fourth-order valence-electron chi connectivity index (χ4n) is 1.44. The Balaban J connectivity index is 2.49. The molecular formula is C12H15IN2O3. The summed E-state index contributed by atoms with van der Waals surface area (Å²) in [5.74, 6) is -1.46. The molecule has 1 aromatic carbocycles. The van der Waals surface area contributed by atoms with Gasteiger partial charge in [0.25, 0.3) is 0 Å². The largest absolute Gasteiger partial charge is 0.480 e. The Morgan fingerprint density at radius 1 is 1.33 bits per heavy atom. The smallest absolute Gasteiger partial charge is 0.320 e. The van der Waals surface area contributed by atoms with Gasteiger partial charge >= 0.3 is 5.97 Å². The van der Waals surface area contributed by atoms with Crippen LogP contribution in [-0.2, 0) is 16.1 Å². The molecule has 0 saturated carbocycles. The maximum absolute atomic E-state index is 11.0. The lowest BCUT2D eigenvalue weighted by atomic mass is 10.1. The predicted octanol–water partition coefficient (Wildman–Crippen LogP) is 1.10. The summed E-state index contributed by atoms with van der Waals surface area (Å²) in [6.07, 6.45) is 0.270. The minimum Gasteiger partial charge on any atom is -0.480 e. The number of primary amides is 1. The summed E-state index contributed by atoms with van der Waals surface area (Å²) in [6, 6.07) is 7.02. The van der Waals surface area contributed by atoms with E-state index in [9.17, 15) is 9.59 Å². The van der Waals surface area contributed by atoms with Crippen LogP contribution in [0.4, 0.5) is 0 Å². The first-order valence-electron chi connectivity index (χ1n) is 5.48. The lowest BCUT2D eigenvalue weighted by Crippen LogP contribution is -2.37. The van der Waals surface area contributed by atoms with Crippen molar-refractivity contribution < 1.29 is 14.7 Å². The molecule has 1 amide bonds. The minimum atomic E-state index is -0.971. The van der Waals surface area contributed by atoms with Gasteiger partial charge in [-0.1, -0.05) is 12.1 Å². The third kappa shape index (κ3) is 5.46. The number of rotatable bonds is 7. The van der Waals surface area contributed by atoms with E-state index in [0.29, 0.717) is 6.54 Å². The van der Waals surface area contributed by atoms with Gasteiger partial charge in [0.2, 0.25) is 5.91 Å². The van der Waals surface area contributed by atoms with E-state index in [-0.39, 0.29) is 12.8 Å². The molecule has 18 heavy (non-hydrogen) atoms. The molecule has 0 bridgehead atoms. The molecule has 0 heterocycles. The molecule has 0 aliphatic rings. The summed E-state index contributed by atoms with van der Waals surface area (Å²) in [5.41, 5.74) is 6.01. The molecular weight excluding hydrogens is 347 g/mol. The zero-order valence-electron chi connectivity index (χ0n) is 9.73. The van der Waals surface area contributed by atoms with Crippen molar-refractivity contribution in [2.24, 2.45) is 5.73 Å². The van der Waals surface area contributed by atoms with Gasteiger partial charge in [-0.3, -0.25) is 9.59 Å². The van der Waals surface area contributed by atoms with Crippen molar-refractivity contribution in [3.63, 3.8) is 0 Å². The number of carboxylic acids is 1. The number of carbonyl (C=O) groups is 2. The van der Waals surface area contributed by atoms with Crippen LogP contribution < -0.4 is 11.1 Å². The van der Waals surface area contributed by atoms with Crippen LogP contribution in [0.5, 0.6) is 0 Å². The molecule has 1 rings (SSSR count). The normalized spacial score (nSPS) is 12.1. The Labute approximate surface area is 119 Å². The van der Waals surface area contributed by atoms with Gasteiger partial charge in [-0.25, -0.2) is 0 Å². The van der Waals surface area contributed by atoms with Crippen molar-refractivity contribution in [2.75, 3.05) is 0 Å². The van der Waals surface area contributed by atoms with Gasteiger partial charge in [-0.2, -0.15) is 0 Å². The van der Waals surface area contributed by atoms with E-state index in [1.807, 2.05) is 24.3 Å². The molecule has 6 heteroatoms. The molecule has 0 aliphatic heterocycles. The van der Waals surface area contributed by atoms with Crippen molar-refractivity contribution in [2.45, 2.75) is 25.4 Å². The SMILES string of the molecule is NC(=O)CC[C@H](NCc1ccc(I)cc1)C(=O)O. The summed E-state index contributed by atoms with van der Waals surface area (Å²) in [5, 5.41) is 11.9. The number of amides is 1. The summed E-state index contributed by atoms with van der Waals surface area (Å²) in [7, 11) is 0. The van der Waals surface area contributed by atoms with Gasteiger partial charge in [-0.15, -0.1) is 0 Å². The second-order valence-electron chi connectivity index (χ2n) is 3.90. The fraction of sp³-hybridized carbons (Fsp3) is 0.333. The molecule has 0 unspecified atom stereocenters. The van der Waals surface area contributed by atoms with E-state index in [2.05, 4.69) is 27.9 Å². The molecule has 0 aliphatic carbocycles. The van der Waals surface area contributed by atoms with Crippen LogP contribution in [0.2, 0.25) is 0 Å². The Hall–Kier alpha value is -1.15. The van der Waals surface area contributed by atoms with Gasteiger partial charge in [0.05, 0.1) is 0 Å². The van der Waals surface area contributed by atoms with Crippen molar-refractivity contribution in [1.29, 1.82) is 0 Å². The number of hydrogen-bond donors (Lipinski definition) is 3. The molecule has 0 radical (unpaired) electrons. The van der Waals surface area contributed by atoms with E-state index in [4.69, 9.17) is 10.8 Å². The zero-order chi connectivity index (χ0) is 13.5. The highest BCUT2D eigenvalue weighted by atomic mass is 127. The quantitative estimate of drug-likeness (QED) is 0.634. The van der Waals surface area contributed by atoms with Crippen LogP contribution in [0.3, 0.4) is 0 Å². The minimum absolute atomic E-state index is 0.0661. The Bertz CT molecular complexity index is 420. The van der Waals surface area contributed by atoms with Crippen LogP contribution in [0.25, 0.3) is 0 Å². The predicted molar refractivity (Wildman–Crippen MR) is 75.9 cm³/mol. The third-order valence-electron chi connectivity index (χ3n) is 2.44. The van der Waals surface area contributed by atoms with Gasteiger partial charge in [-0.05, 0) is 46.7 Å². The number of halogens is 1. The van der Waals surface area contributed by atoms with Gasteiger partial charge in [0.1, 0.15) is 6.04 Å². The highest BCUT2D eigenvalue weighted by Crippen LogP contribution is 2.07. The topological polar surface area (TPSA) is 92.4 Å². The lowest BCUT2D eigenvalue weighted by molar-refractivity contribution is -0.139. The standard InChI is InChI=1S/C12H15IN2O3/c13-9-3-1-8(2-4-9)7-15-10(12(17)18)5-6-11(14)16/h1-4,10,15H,5-7H2,(H2,14,16)(H,17,18)/t10-/m0/s1. The zero-order valence-corrected chi connectivity index (χ0v) is 11.9. The molecule has 0 saturated heterocycles. The number of nitrogens with one attached hydrogen (secondary N) is 1. The number of hydrogen-bond acceptors (Lipinski definition) is 3. The highest BCUT2D eigenvalue weighted by Gasteiger charge is 2.17. The molecule has 0 aromatic heterocycles. The first kappa shape index (κ1) is 14.9. The molecule has 4 N–H and O–H groups in total. The number of benzene rings is 1. The molecule has 1 atom stereocenters. The highest BCUT2D eigenvalue weighted by molar-refractivity contribution is 14.1.